The molecule has 2 aliphatic heterocycles. The number of nitrogens with two attached hydrogens (primary N) is 1. The summed E-state index contributed by atoms with van der Waals surface area (Å²) < 4.78 is 0. The minimum absolute atomic E-state index is 0.493. The van der Waals surface area contributed by atoms with E-state index >= 15 is 0 Å². The summed E-state index contributed by atoms with van der Waals surface area (Å²) in [6.07, 6.45) is 17.5. The minimum atomic E-state index is 0.493. The second-order valence-electron chi connectivity index (χ2n) is 8.29. The van der Waals surface area contributed by atoms with Crippen molar-refractivity contribution in [3.8, 4) is 0 Å². The number of hydrogen-bond acceptors (Lipinski definition) is 2. The van der Waals surface area contributed by atoms with Gasteiger partial charge in [0.1, 0.15) is 0 Å². The Labute approximate surface area is 124 Å². The molecule has 2 aliphatic carbocycles. The molecule has 4 rings (SSSR count). The third-order valence-corrected chi connectivity index (χ3v) is 6.84. The van der Waals surface area contributed by atoms with Crippen LogP contribution in [0.4, 0.5) is 0 Å². The molecule has 2 nitrogen and oxygen atoms in total. The maximum absolute atomic E-state index is 6.31. The van der Waals surface area contributed by atoms with E-state index in [9.17, 15) is 0 Å². The van der Waals surface area contributed by atoms with Crippen molar-refractivity contribution in [2.45, 2.75) is 101 Å². The summed E-state index contributed by atoms with van der Waals surface area (Å²) in [6, 6.07) is 3.08. The lowest BCUT2D eigenvalue weighted by Crippen LogP contribution is -2.60. The van der Waals surface area contributed by atoms with Crippen molar-refractivity contribution < 1.29 is 0 Å². The van der Waals surface area contributed by atoms with Gasteiger partial charge in [-0.25, -0.2) is 0 Å². The molecule has 6 atom stereocenters. The number of rotatable bonds is 1. The first-order chi connectivity index (χ1) is 9.79. The van der Waals surface area contributed by atoms with Crippen molar-refractivity contribution in [1.82, 2.24) is 4.90 Å². The molecule has 0 radical (unpaired) electrons. The monoisotopic (exact) mass is 276 g/mol. The molecule has 0 spiro atoms. The Kier molecular flexibility index (Phi) is 3.80. The van der Waals surface area contributed by atoms with E-state index < -0.39 is 0 Å². The van der Waals surface area contributed by atoms with E-state index in [2.05, 4.69) is 4.90 Å². The van der Waals surface area contributed by atoms with Gasteiger partial charge in [0.05, 0.1) is 0 Å². The zero-order chi connectivity index (χ0) is 13.5. The number of piperidine rings is 2. The van der Waals surface area contributed by atoms with Crippen LogP contribution in [0.15, 0.2) is 0 Å². The van der Waals surface area contributed by atoms with Crippen molar-refractivity contribution in [3.63, 3.8) is 0 Å². The molecule has 2 saturated heterocycles. The first-order valence-electron chi connectivity index (χ1n) is 9.32. The van der Waals surface area contributed by atoms with E-state index in [1.165, 1.54) is 70.6 Å². The van der Waals surface area contributed by atoms with Gasteiger partial charge in [-0.1, -0.05) is 32.1 Å². The molecule has 4 fully saturated rings. The normalized spacial score (nSPS) is 49.6. The molecule has 2 saturated carbocycles. The molecule has 20 heavy (non-hydrogen) atoms. The Morgan fingerprint density at radius 3 is 1.80 bits per heavy atom. The molecular weight excluding hydrogens is 244 g/mol. The predicted molar refractivity (Wildman–Crippen MR) is 83.6 cm³/mol. The number of fused-ring (bicyclic) bond motifs is 4. The summed E-state index contributed by atoms with van der Waals surface area (Å²) in [5, 5.41) is 0. The standard InChI is InChI=1S/C18H32N2/c19-15-11-16-6-3-7-17(12-15)20(16)18-9-13-4-1-2-5-14(8-13)10-18/h13-18H,1-12,19H2/t13-,14+,15-,16+,17-,18?. The second kappa shape index (κ2) is 5.61. The van der Waals surface area contributed by atoms with Gasteiger partial charge in [0.25, 0.3) is 0 Å². The SMILES string of the molecule is N[C@H]1C[C@H]2CCC[C@@H](C1)N2C1C[C@H]2CCCC[C@@H](C1)C2. The lowest BCUT2D eigenvalue weighted by Gasteiger charge is -2.54. The Morgan fingerprint density at radius 1 is 0.600 bits per heavy atom. The first-order valence-corrected chi connectivity index (χ1v) is 9.32. The van der Waals surface area contributed by atoms with Crippen LogP contribution in [-0.4, -0.2) is 29.1 Å². The average molecular weight is 276 g/mol. The predicted octanol–water partition coefficient (Wildman–Crippen LogP) is 3.69. The van der Waals surface area contributed by atoms with Gasteiger partial charge in [0, 0.05) is 24.2 Å². The van der Waals surface area contributed by atoms with Gasteiger partial charge in [-0.2, -0.15) is 0 Å². The van der Waals surface area contributed by atoms with Crippen molar-refractivity contribution in [1.29, 1.82) is 0 Å². The van der Waals surface area contributed by atoms with Crippen LogP contribution in [0.3, 0.4) is 0 Å². The van der Waals surface area contributed by atoms with Crippen molar-refractivity contribution >= 4 is 0 Å². The Balaban J connectivity index is 1.51. The smallest absolute Gasteiger partial charge is 0.0116 e. The first kappa shape index (κ1) is 13.6. The third kappa shape index (κ3) is 2.54. The molecule has 0 amide bonds. The number of nitrogens with zero attached hydrogens (tertiary/aromatic N) is 1. The highest BCUT2D eigenvalue weighted by Crippen LogP contribution is 2.44. The van der Waals surface area contributed by atoms with E-state index in [1.54, 1.807) is 6.42 Å². The fraction of sp³-hybridized carbons (Fsp3) is 1.00. The quantitative estimate of drug-likeness (QED) is 0.791. The van der Waals surface area contributed by atoms with Gasteiger partial charge in [0.2, 0.25) is 0 Å². The zero-order valence-corrected chi connectivity index (χ0v) is 13.0. The summed E-state index contributed by atoms with van der Waals surface area (Å²) in [7, 11) is 0. The van der Waals surface area contributed by atoms with Gasteiger partial charge in [-0.15, -0.1) is 0 Å². The third-order valence-electron chi connectivity index (χ3n) is 6.84. The molecular formula is C18H32N2. The summed E-state index contributed by atoms with van der Waals surface area (Å²) >= 11 is 0. The zero-order valence-electron chi connectivity index (χ0n) is 13.0. The van der Waals surface area contributed by atoms with Crippen LogP contribution >= 0.6 is 0 Å². The van der Waals surface area contributed by atoms with Crippen molar-refractivity contribution in [3.05, 3.63) is 0 Å². The molecule has 2 heteroatoms. The minimum Gasteiger partial charge on any atom is -0.328 e. The van der Waals surface area contributed by atoms with Crippen LogP contribution in [0.1, 0.15) is 77.0 Å². The summed E-state index contributed by atoms with van der Waals surface area (Å²) in [5.41, 5.74) is 6.31. The lowest BCUT2D eigenvalue weighted by atomic mass is 9.73. The summed E-state index contributed by atoms with van der Waals surface area (Å²) in [6.45, 7) is 0. The molecule has 2 N–H and O–H groups in total. The topological polar surface area (TPSA) is 29.3 Å². The summed E-state index contributed by atoms with van der Waals surface area (Å²) in [5.74, 6) is 2.11. The molecule has 0 aromatic rings. The summed E-state index contributed by atoms with van der Waals surface area (Å²) in [4.78, 5) is 3.00. The van der Waals surface area contributed by atoms with Crippen LogP contribution in [0, 0.1) is 11.8 Å². The van der Waals surface area contributed by atoms with Crippen LogP contribution in [0.25, 0.3) is 0 Å². The van der Waals surface area contributed by atoms with E-state index in [0.29, 0.717) is 6.04 Å². The van der Waals surface area contributed by atoms with E-state index in [0.717, 1.165) is 30.0 Å². The van der Waals surface area contributed by atoms with Crippen LogP contribution in [0.5, 0.6) is 0 Å². The lowest BCUT2D eigenvalue weighted by molar-refractivity contribution is -0.0328. The Morgan fingerprint density at radius 2 is 1.20 bits per heavy atom. The molecule has 1 unspecified atom stereocenters. The van der Waals surface area contributed by atoms with Gasteiger partial charge in [0.15, 0.2) is 0 Å². The highest BCUT2D eigenvalue weighted by atomic mass is 15.2. The van der Waals surface area contributed by atoms with Gasteiger partial charge in [-0.05, 0) is 56.8 Å². The maximum Gasteiger partial charge on any atom is 0.0116 e. The van der Waals surface area contributed by atoms with Gasteiger partial charge in [-0.3, -0.25) is 4.90 Å². The largest absolute Gasteiger partial charge is 0.328 e. The molecule has 4 aliphatic rings. The number of hydrogen-bond donors (Lipinski definition) is 1. The average Bonchev–Trinajstić information content (AvgIpc) is 2.58. The van der Waals surface area contributed by atoms with Crippen molar-refractivity contribution in [2.24, 2.45) is 17.6 Å². The van der Waals surface area contributed by atoms with E-state index in [4.69, 9.17) is 5.73 Å². The molecule has 0 aromatic carbocycles. The Hall–Kier alpha value is -0.0800. The fourth-order valence-electron chi connectivity index (χ4n) is 6.17. The van der Waals surface area contributed by atoms with E-state index in [-0.39, 0.29) is 0 Å². The molecule has 0 aromatic heterocycles. The Bertz CT molecular complexity index is 314. The van der Waals surface area contributed by atoms with Crippen molar-refractivity contribution in [2.75, 3.05) is 0 Å². The second-order valence-corrected chi connectivity index (χ2v) is 8.29. The highest BCUT2D eigenvalue weighted by molar-refractivity contribution is 4.99. The fourth-order valence-corrected chi connectivity index (χ4v) is 6.17. The van der Waals surface area contributed by atoms with Gasteiger partial charge >= 0.3 is 0 Å². The van der Waals surface area contributed by atoms with Crippen LogP contribution in [0.2, 0.25) is 0 Å². The highest BCUT2D eigenvalue weighted by Gasteiger charge is 2.43. The van der Waals surface area contributed by atoms with E-state index in [1.807, 2.05) is 0 Å². The molecule has 114 valence electrons. The molecule has 2 heterocycles. The maximum atomic E-state index is 6.31. The van der Waals surface area contributed by atoms with Crippen LogP contribution in [-0.2, 0) is 0 Å². The molecule has 4 bridgehead atoms. The van der Waals surface area contributed by atoms with Gasteiger partial charge < -0.3 is 5.73 Å². The van der Waals surface area contributed by atoms with Crippen LogP contribution < -0.4 is 5.73 Å².